The lowest BCUT2D eigenvalue weighted by atomic mass is 9.89. The van der Waals surface area contributed by atoms with E-state index < -0.39 is 0 Å². The molecule has 3 aromatic rings. The van der Waals surface area contributed by atoms with Gasteiger partial charge in [0.15, 0.2) is 0 Å². The van der Waals surface area contributed by atoms with Crippen molar-refractivity contribution in [2.45, 2.75) is 0 Å². The van der Waals surface area contributed by atoms with Crippen molar-refractivity contribution in [3.63, 3.8) is 0 Å². The molecule has 0 saturated heterocycles. The van der Waals surface area contributed by atoms with Gasteiger partial charge in [0.2, 0.25) is 0 Å². The Labute approximate surface area is 163 Å². The Kier molecular flexibility index (Phi) is 5.65. The molecule has 0 bridgehead atoms. The average Bonchev–Trinajstić information content (AvgIpc) is 2.63. The van der Waals surface area contributed by atoms with Crippen LogP contribution in [0.15, 0.2) is 85.5 Å². The number of halogens is 3. The Morgan fingerprint density at radius 1 is 0.560 bits per heavy atom. The zero-order chi connectivity index (χ0) is 17.8. The maximum absolute atomic E-state index is 6.06. The molecule has 25 heavy (non-hydrogen) atoms. The lowest BCUT2D eigenvalue weighted by molar-refractivity contribution is 1.53. The van der Waals surface area contributed by atoms with Crippen molar-refractivity contribution < 1.29 is 0 Å². The first-order chi connectivity index (χ1) is 12.1. The van der Waals surface area contributed by atoms with Crippen LogP contribution in [0.25, 0.3) is 11.1 Å². The quantitative estimate of drug-likeness (QED) is 0.317. The van der Waals surface area contributed by atoms with Crippen molar-refractivity contribution in [3.8, 4) is 0 Å². The fourth-order valence-corrected chi connectivity index (χ4v) is 3.08. The molecule has 0 heterocycles. The largest absolute Gasteiger partial charge is 0.0984 e. The SMILES string of the molecule is C=CC(=C(c1ccc(Cl)cc1)c1ccc(Cl)cc1)c1ccc(Cl)cc1. The van der Waals surface area contributed by atoms with Gasteiger partial charge in [0, 0.05) is 15.1 Å². The molecule has 0 amide bonds. The number of benzene rings is 3. The van der Waals surface area contributed by atoms with Gasteiger partial charge in [0.1, 0.15) is 0 Å². The second-order valence-corrected chi connectivity index (χ2v) is 6.82. The third-order valence-electron chi connectivity index (χ3n) is 3.89. The van der Waals surface area contributed by atoms with Crippen LogP contribution in [0.5, 0.6) is 0 Å². The van der Waals surface area contributed by atoms with Gasteiger partial charge in [-0.1, -0.05) is 83.9 Å². The summed E-state index contributed by atoms with van der Waals surface area (Å²) in [5.41, 5.74) is 5.22. The lowest BCUT2D eigenvalue weighted by Gasteiger charge is -2.15. The second kappa shape index (κ2) is 7.93. The van der Waals surface area contributed by atoms with Crippen molar-refractivity contribution in [2.75, 3.05) is 0 Å². The van der Waals surface area contributed by atoms with E-state index >= 15 is 0 Å². The summed E-state index contributed by atoms with van der Waals surface area (Å²) in [4.78, 5) is 0. The lowest BCUT2D eigenvalue weighted by Crippen LogP contribution is -1.93. The Morgan fingerprint density at radius 2 is 0.880 bits per heavy atom. The maximum Gasteiger partial charge on any atom is 0.0406 e. The summed E-state index contributed by atoms with van der Waals surface area (Å²) in [6.07, 6.45) is 1.86. The first kappa shape index (κ1) is 17.8. The summed E-state index contributed by atoms with van der Waals surface area (Å²) >= 11 is 18.2. The van der Waals surface area contributed by atoms with E-state index in [0.29, 0.717) is 15.1 Å². The average molecular weight is 386 g/mol. The van der Waals surface area contributed by atoms with Gasteiger partial charge in [-0.15, -0.1) is 0 Å². The first-order valence-corrected chi connectivity index (χ1v) is 8.86. The van der Waals surface area contributed by atoms with Crippen molar-refractivity contribution in [2.24, 2.45) is 0 Å². The van der Waals surface area contributed by atoms with E-state index in [0.717, 1.165) is 27.8 Å². The molecule has 0 atom stereocenters. The molecule has 3 heteroatoms. The van der Waals surface area contributed by atoms with E-state index in [1.54, 1.807) is 0 Å². The molecule has 124 valence electrons. The van der Waals surface area contributed by atoms with E-state index in [1.165, 1.54) is 0 Å². The minimum atomic E-state index is 0.700. The third-order valence-corrected chi connectivity index (χ3v) is 4.65. The molecule has 0 aromatic heterocycles. The smallest absolute Gasteiger partial charge is 0.0406 e. The molecule has 0 aliphatic carbocycles. The maximum atomic E-state index is 6.06. The van der Waals surface area contributed by atoms with Crippen LogP contribution in [-0.2, 0) is 0 Å². The number of allylic oxidation sites excluding steroid dienone is 2. The van der Waals surface area contributed by atoms with E-state index in [9.17, 15) is 0 Å². The standard InChI is InChI=1S/C22H15Cl3/c1-2-21(15-3-9-18(23)10-4-15)22(16-5-11-19(24)12-6-16)17-7-13-20(25)14-8-17/h2-14H,1H2. The van der Waals surface area contributed by atoms with E-state index in [1.807, 2.05) is 78.9 Å². The molecule has 0 radical (unpaired) electrons. The Hall–Kier alpha value is -1.99. The summed E-state index contributed by atoms with van der Waals surface area (Å²) < 4.78 is 0. The normalized spacial score (nSPS) is 10.4. The highest BCUT2D eigenvalue weighted by atomic mass is 35.5. The van der Waals surface area contributed by atoms with Crippen LogP contribution in [0.3, 0.4) is 0 Å². The zero-order valence-corrected chi connectivity index (χ0v) is 15.6. The number of rotatable bonds is 4. The topological polar surface area (TPSA) is 0 Å². The van der Waals surface area contributed by atoms with E-state index in [2.05, 4.69) is 6.58 Å². The van der Waals surface area contributed by atoms with Crippen molar-refractivity contribution in [1.82, 2.24) is 0 Å². The Balaban J connectivity index is 2.27. The Bertz CT molecular complexity index is 855. The minimum Gasteiger partial charge on any atom is -0.0984 e. The van der Waals surface area contributed by atoms with Gasteiger partial charge in [-0.05, 0) is 64.2 Å². The monoisotopic (exact) mass is 384 g/mol. The summed E-state index contributed by atoms with van der Waals surface area (Å²) in [5.74, 6) is 0. The van der Waals surface area contributed by atoms with Crippen LogP contribution in [0.2, 0.25) is 15.1 Å². The molecule has 0 unspecified atom stereocenters. The molecule has 3 rings (SSSR count). The van der Waals surface area contributed by atoms with E-state index in [-0.39, 0.29) is 0 Å². The van der Waals surface area contributed by atoms with Crippen molar-refractivity contribution >= 4 is 45.9 Å². The van der Waals surface area contributed by atoms with Crippen molar-refractivity contribution in [3.05, 3.63) is 117 Å². The van der Waals surface area contributed by atoms with Gasteiger partial charge in [-0.2, -0.15) is 0 Å². The second-order valence-electron chi connectivity index (χ2n) is 5.51. The first-order valence-electron chi connectivity index (χ1n) is 7.73. The predicted molar refractivity (Wildman–Crippen MR) is 110 cm³/mol. The summed E-state index contributed by atoms with van der Waals surface area (Å²) in [5, 5.41) is 2.10. The number of hydrogen-bond acceptors (Lipinski definition) is 0. The molecular weight excluding hydrogens is 371 g/mol. The van der Waals surface area contributed by atoms with Gasteiger partial charge in [-0.3, -0.25) is 0 Å². The van der Waals surface area contributed by atoms with Crippen LogP contribution < -0.4 is 0 Å². The van der Waals surface area contributed by atoms with Crippen LogP contribution in [-0.4, -0.2) is 0 Å². The zero-order valence-electron chi connectivity index (χ0n) is 13.3. The van der Waals surface area contributed by atoms with Gasteiger partial charge in [-0.25, -0.2) is 0 Å². The molecule has 0 saturated carbocycles. The molecular formula is C22H15Cl3. The van der Waals surface area contributed by atoms with Gasteiger partial charge in [0.05, 0.1) is 0 Å². The highest BCUT2D eigenvalue weighted by Crippen LogP contribution is 2.34. The number of hydrogen-bond donors (Lipinski definition) is 0. The summed E-state index contributed by atoms with van der Waals surface area (Å²) in [7, 11) is 0. The minimum absolute atomic E-state index is 0.700. The summed E-state index contributed by atoms with van der Waals surface area (Å²) in [6, 6.07) is 23.3. The summed E-state index contributed by atoms with van der Waals surface area (Å²) in [6.45, 7) is 4.02. The van der Waals surface area contributed by atoms with Gasteiger partial charge < -0.3 is 0 Å². The Morgan fingerprint density at radius 3 is 1.20 bits per heavy atom. The fourth-order valence-electron chi connectivity index (χ4n) is 2.70. The third kappa shape index (κ3) is 4.16. The van der Waals surface area contributed by atoms with Gasteiger partial charge in [0.25, 0.3) is 0 Å². The van der Waals surface area contributed by atoms with E-state index in [4.69, 9.17) is 34.8 Å². The van der Waals surface area contributed by atoms with Crippen LogP contribution in [0.4, 0.5) is 0 Å². The highest BCUT2D eigenvalue weighted by Gasteiger charge is 2.12. The molecule has 0 aliphatic heterocycles. The van der Waals surface area contributed by atoms with Crippen LogP contribution in [0, 0.1) is 0 Å². The molecule has 3 aromatic carbocycles. The molecule has 0 fully saturated rings. The van der Waals surface area contributed by atoms with Crippen molar-refractivity contribution in [1.29, 1.82) is 0 Å². The van der Waals surface area contributed by atoms with Gasteiger partial charge >= 0.3 is 0 Å². The predicted octanol–water partition coefficient (Wildman–Crippen LogP) is 7.79. The molecule has 0 N–H and O–H groups in total. The van der Waals surface area contributed by atoms with Crippen LogP contribution >= 0.6 is 34.8 Å². The fraction of sp³-hybridized carbons (Fsp3) is 0. The molecule has 0 nitrogen and oxygen atoms in total. The molecule has 0 spiro atoms. The highest BCUT2D eigenvalue weighted by molar-refractivity contribution is 6.31. The van der Waals surface area contributed by atoms with Crippen LogP contribution in [0.1, 0.15) is 16.7 Å². The molecule has 0 aliphatic rings.